The first-order valence-corrected chi connectivity index (χ1v) is 7.12. The third kappa shape index (κ3) is 3.81. The number of rotatable bonds is 6. The van der Waals surface area contributed by atoms with Gasteiger partial charge in [0.1, 0.15) is 5.82 Å². The smallest absolute Gasteiger partial charge is 0.124 e. The molecule has 2 rings (SSSR count). The van der Waals surface area contributed by atoms with Crippen molar-refractivity contribution in [2.24, 2.45) is 0 Å². The van der Waals surface area contributed by atoms with Gasteiger partial charge in [-0.15, -0.1) is 0 Å². The normalized spacial score (nSPS) is 12.6. The van der Waals surface area contributed by atoms with E-state index in [1.54, 1.807) is 6.07 Å². The second-order valence-electron chi connectivity index (χ2n) is 4.83. The summed E-state index contributed by atoms with van der Waals surface area (Å²) in [6.07, 6.45) is 5.56. The minimum Gasteiger partial charge on any atom is -0.316 e. The van der Waals surface area contributed by atoms with E-state index < -0.39 is 0 Å². The second-order valence-corrected chi connectivity index (χ2v) is 5.24. The number of likely N-dealkylation sites (N-methyl/N-ethyl adjacent to an activating group) is 1. The molecule has 1 aromatic heterocycles. The Bertz CT molecular complexity index is 568. The molecule has 5 heteroatoms. The minimum absolute atomic E-state index is 0.243. The molecular weight excluding hydrogens is 277 g/mol. The van der Waals surface area contributed by atoms with Crippen LogP contribution in [0.25, 0.3) is 0 Å². The summed E-state index contributed by atoms with van der Waals surface area (Å²) in [5.41, 5.74) is 2.14. The van der Waals surface area contributed by atoms with Gasteiger partial charge in [-0.1, -0.05) is 17.7 Å². The van der Waals surface area contributed by atoms with E-state index in [-0.39, 0.29) is 11.9 Å². The lowest BCUT2D eigenvalue weighted by molar-refractivity contribution is 0.554. The average Bonchev–Trinajstić information content (AvgIpc) is 2.88. The maximum Gasteiger partial charge on any atom is 0.124 e. The van der Waals surface area contributed by atoms with Crippen LogP contribution in [0.15, 0.2) is 30.6 Å². The average molecular weight is 296 g/mol. The first-order chi connectivity index (χ1) is 9.62. The highest BCUT2D eigenvalue weighted by atomic mass is 35.5. The largest absolute Gasteiger partial charge is 0.316 e. The van der Waals surface area contributed by atoms with Crippen LogP contribution in [-0.2, 0) is 19.4 Å². The Morgan fingerprint density at radius 2 is 2.20 bits per heavy atom. The fraction of sp³-hybridized carbons (Fsp3) is 0.400. The van der Waals surface area contributed by atoms with Crippen molar-refractivity contribution >= 4 is 11.6 Å². The fourth-order valence-electron chi connectivity index (χ4n) is 2.20. The Morgan fingerprint density at radius 3 is 2.80 bits per heavy atom. The molecule has 3 nitrogen and oxygen atoms in total. The standard InChI is InChI=1S/C15H19ClFN3/c1-3-20-10-11(9-19-20)6-14(18-2)7-12-4-5-13(17)8-15(12)16/h4-5,8-10,14,18H,3,6-7H2,1-2H3. The van der Waals surface area contributed by atoms with Gasteiger partial charge < -0.3 is 5.32 Å². The van der Waals surface area contributed by atoms with Crippen molar-refractivity contribution in [3.8, 4) is 0 Å². The first-order valence-electron chi connectivity index (χ1n) is 6.75. The Hall–Kier alpha value is -1.39. The molecule has 1 N–H and O–H groups in total. The van der Waals surface area contributed by atoms with Gasteiger partial charge in [-0.05, 0) is 50.1 Å². The van der Waals surface area contributed by atoms with Gasteiger partial charge in [-0.3, -0.25) is 4.68 Å². The van der Waals surface area contributed by atoms with Crippen LogP contribution in [0.1, 0.15) is 18.1 Å². The molecular formula is C15H19ClFN3. The molecule has 1 atom stereocenters. The number of benzene rings is 1. The van der Waals surface area contributed by atoms with Crippen LogP contribution in [0.4, 0.5) is 4.39 Å². The highest BCUT2D eigenvalue weighted by Crippen LogP contribution is 2.19. The molecule has 1 heterocycles. The van der Waals surface area contributed by atoms with Crippen LogP contribution in [-0.4, -0.2) is 22.9 Å². The minimum atomic E-state index is -0.302. The quantitative estimate of drug-likeness (QED) is 0.887. The fourth-order valence-corrected chi connectivity index (χ4v) is 2.44. The van der Waals surface area contributed by atoms with Gasteiger partial charge in [0.25, 0.3) is 0 Å². The summed E-state index contributed by atoms with van der Waals surface area (Å²) >= 11 is 6.08. The van der Waals surface area contributed by atoms with Gasteiger partial charge in [0.2, 0.25) is 0 Å². The van der Waals surface area contributed by atoms with Crippen LogP contribution >= 0.6 is 11.6 Å². The lowest BCUT2D eigenvalue weighted by Crippen LogP contribution is -2.29. The maximum absolute atomic E-state index is 13.0. The Labute approximate surface area is 123 Å². The van der Waals surface area contributed by atoms with Crippen molar-refractivity contribution in [2.45, 2.75) is 32.4 Å². The molecule has 0 saturated heterocycles. The van der Waals surface area contributed by atoms with Crippen molar-refractivity contribution in [1.82, 2.24) is 15.1 Å². The lowest BCUT2D eigenvalue weighted by Gasteiger charge is -2.16. The monoisotopic (exact) mass is 295 g/mol. The number of hydrogen-bond acceptors (Lipinski definition) is 2. The van der Waals surface area contributed by atoms with E-state index in [0.717, 1.165) is 24.9 Å². The van der Waals surface area contributed by atoms with Gasteiger partial charge in [-0.25, -0.2) is 4.39 Å². The predicted octanol–water partition coefficient (Wildman–Crippen LogP) is 3.07. The highest BCUT2D eigenvalue weighted by Gasteiger charge is 2.12. The third-order valence-electron chi connectivity index (χ3n) is 3.38. The lowest BCUT2D eigenvalue weighted by atomic mass is 10.0. The van der Waals surface area contributed by atoms with Crippen LogP contribution in [0.3, 0.4) is 0 Å². The summed E-state index contributed by atoms with van der Waals surface area (Å²) in [5, 5.41) is 8.03. The van der Waals surface area contributed by atoms with Gasteiger partial charge in [-0.2, -0.15) is 5.10 Å². The van der Waals surface area contributed by atoms with Gasteiger partial charge >= 0.3 is 0 Å². The Balaban J connectivity index is 2.04. The van der Waals surface area contributed by atoms with E-state index in [1.165, 1.54) is 17.7 Å². The molecule has 0 saturated carbocycles. The number of halogens is 2. The van der Waals surface area contributed by atoms with Crippen LogP contribution in [0.2, 0.25) is 5.02 Å². The summed E-state index contributed by atoms with van der Waals surface area (Å²) in [5.74, 6) is -0.302. The van der Waals surface area contributed by atoms with E-state index in [4.69, 9.17) is 11.6 Å². The van der Waals surface area contributed by atoms with Crippen molar-refractivity contribution in [3.05, 3.63) is 52.6 Å². The zero-order valence-electron chi connectivity index (χ0n) is 11.7. The molecule has 0 spiro atoms. The zero-order valence-corrected chi connectivity index (χ0v) is 12.5. The van der Waals surface area contributed by atoms with E-state index in [9.17, 15) is 4.39 Å². The molecule has 0 aliphatic rings. The SMILES string of the molecule is CCn1cc(CC(Cc2ccc(F)cc2Cl)NC)cn1. The number of hydrogen-bond donors (Lipinski definition) is 1. The summed E-state index contributed by atoms with van der Waals surface area (Å²) in [6.45, 7) is 2.93. The molecule has 108 valence electrons. The first kappa shape index (κ1) is 15.0. The van der Waals surface area contributed by atoms with Gasteiger partial charge in [0.05, 0.1) is 6.20 Å². The number of nitrogens with one attached hydrogen (secondary N) is 1. The molecule has 0 aliphatic heterocycles. The molecule has 1 unspecified atom stereocenters. The number of aryl methyl sites for hydroxylation is 1. The highest BCUT2D eigenvalue weighted by molar-refractivity contribution is 6.31. The van der Waals surface area contributed by atoms with Crippen molar-refractivity contribution in [2.75, 3.05) is 7.05 Å². The molecule has 1 aromatic carbocycles. The molecule has 2 aromatic rings. The second kappa shape index (κ2) is 6.86. The maximum atomic E-state index is 13.0. The summed E-state index contributed by atoms with van der Waals surface area (Å²) in [7, 11) is 1.92. The van der Waals surface area contributed by atoms with Crippen molar-refractivity contribution in [3.63, 3.8) is 0 Å². The van der Waals surface area contributed by atoms with Crippen LogP contribution in [0, 0.1) is 5.82 Å². The van der Waals surface area contributed by atoms with Crippen molar-refractivity contribution in [1.29, 1.82) is 0 Å². The summed E-state index contributed by atoms with van der Waals surface area (Å²) in [6, 6.07) is 4.80. The summed E-state index contributed by atoms with van der Waals surface area (Å²) in [4.78, 5) is 0. The Morgan fingerprint density at radius 1 is 1.40 bits per heavy atom. The Kier molecular flexibility index (Phi) is 5.15. The van der Waals surface area contributed by atoms with E-state index in [1.807, 2.05) is 17.9 Å². The zero-order chi connectivity index (χ0) is 14.5. The van der Waals surface area contributed by atoms with Gasteiger partial charge in [0.15, 0.2) is 0 Å². The molecule has 0 bridgehead atoms. The molecule has 0 aliphatic carbocycles. The third-order valence-corrected chi connectivity index (χ3v) is 3.73. The molecule has 20 heavy (non-hydrogen) atoms. The molecule has 0 radical (unpaired) electrons. The van der Waals surface area contributed by atoms with E-state index in [0.29, 0.717) is 5.02 Å². The van der Waals surface area contributed by atoms with Crippen LogP contribution in [0.5, 0.6) is 0 Å². The summed E-state index contributed by atoms with van der Waals surface area (Å²) < 4.78 is 15.0. The topological polar surface area (TPSA) is 29.9 Å². The molecule has 0 fully saturated rings. The number of aromatic nitrogens is 2. The predicted molar refractivity (Wildman–Crippen MR) is 79.6 cm³/mol. The van der Waals surface area contributed by atoms with Gasteiger partial charge in [0, 0.05) is 23.8 Å². The van der Waals surface area contributed by atoms with Crippen LogP contribution < -0.4 is 5.32 Å². The number of nitrogens with zero attached hydrogens (tertiary/aromatic N) is 2. The van der Waals surface area contributed by atoms with E-state index >= 15 is 0 Å². The van der Waals surface area contributed by atoms with E-state index in [2.05, 4.69) is 23.5 Å². The molecule has 0 amide bonds. The van der Waals surface area contributed by atoms with Crippen molar-refractivity contribution < 1.29 is 4.39 Å².